The molecule has 3 rings (SSSR count). The van der Waals surface area contributed by atoms with Crippen molar-refractivity contribution in [3.63, 3.8) is 0 Å². The van der Waals surface area contributed by atoms with Crippen LogP contribution in [0.15, 0.2) is 34.9 Å². The van der Waals surface area contributed by atoms with Gasteiger partial charge in [0.05, 0.1) is 39.8 Å². The first-order chi connectivity index (χ1) is 12.5. The molecule has 0 spiro atoms. The summed E-state index contributed by atoms with van der Waals surface area (Å²) < 4.78 is 11.6. The fraction of sp³-hybridized carbons (Fsp3) is 0.278. The third-order valence-corrected chi connectivity index (χ3v) is 4.82. The molecule has 6 nitrogen and oxygen atoms in total. The average Bonchev–Trinajstić information content (AvgIpc) is 3.21. The maximum absolute atomic E-state index is 11.9. The van der Waals surface area contributed by atoms with E-state index in [-0.39, 0.29) is 12.4 Å². The molecule has 3 heterocycles. The standard InChI is InChI=1S/C18H18ClN3O3S/c1-4-24-16(23)9-13-17(14-7-8-15(19)26-14)25-18(21-13)12-6-5-11(10-20-12)22(2)3/h5-8,10H,4,9H2,1-3H3. The quantitative estimate of drug-likeness (QED) is 0.584. The van der Waals surface area contributed by atoms with Gasteiger partial charge in [-0.25, -0.2) is 9.97 Å². The zero-order valence-corrected chi connectivity index (χ0v) is 16.2. The molecule has 3 aromatic heterocycles. The van der Waals surface area contributed by atoms with E-state index in [2.05, 4.69) is 9.97 Å². The van der Waals surface area contributed by atoms with Gasteiger partial charge in [0.25, 0.3) is 0 Å². The van der Waals surface area contributed by atoms with Gasteiger partial charge in [-0.05, 0) is 31.2 Å². The van der Waals surface area contributed by atoms with Crippen molar-refractivity contribution in [2.75, 3.05) is 25.6 Å². The molecule has 0 bridgehead atoms. The van der Waals surface area contributed by atoms with E-state index in [0.29, 0.717) is 34.0 Å². The zero-order valence-electron chi connectivity index (χ0n) is 14.7. The number of hydrogen-bond donors (Lipinski definition) is 0. The molecule has 0 aliphatic rings. The summed E-state index contributed by atoms with van der Waals surface area (Å²) in [6, 6.07) is 7.39. The number of pyridine rings is 1. The summed E-state index contributed by atoms with van der Waals surface area (Å²) in [5.41, 5.74) is 2.07. The van der Waals surface area contributed by atoms with E-state index in [0.717, 1.165) is 10.6 Å². The topological polar surface area (TPSA) is 68.5 Å². The Labute approximate surface area is 160 Å². The van der Waals surface area contributed by atoms with E-state index in [1.165, 1.54) is 11.3 Å². The Morgan fingerprint density at radius 3 is 2.69 bits per heavy atom. The summed E-state index contributed by atoms with van der Waals surface area (Å²) in [6.45, 7) is 2.08. The molecule has 0 saturated heterocycles. The summed E-state index contributed by atoms with van der Waals surface area (Å²) in [6.07, 6.45) is 1.77. The lowest BCUT2D eigenvalue weighted by molar-refractivity contribution is -0.142. The summed E-state index contributed by atoms with van der Waals surface area (Å²) in [5.74, 6) is 0.518. The van der Waals surface area contributed by atoms with Crippen LogP contribution in [0.1, 0.15) is 12.6 Å². The van der Waals surface area contributed by atoms with Gasteiger partial charge in [-0.3, -0.25) is 4.79 Å². The van der Waals surface area contributed by atoms with Crippen LogP contribution in [0.4, 0.5) is 5.69 Å². The minimum atomic E-state index is -0.354. The fourth-order valence-electron chi connectivity index (χ4n) is 2.34. The van der Waals surface area contributed by atoms with Crippen LogP contribution in [-0.2, 0) is 16.0 Å². The Hall–Kier alpha value is -2.38. The van der Waals surface area contributed by atoms with Gasteiger partial charge in [-0.2, -0.15) is 0 Å². The van der Waals surface area contributed by atoms with E-state index in [9.17, 15) is 4.79 Å². The minimum absolute atomic E-state index is 0.0258. The number of thiophene rings is 1. The highest BCUT2D eigenvalue weighted by atomic mass is 35.5. The number of carbonyl (C=O) groups excluding carboxylic acids is 1. The van der Waals surface area contributed by atoms with Gasteiger partial charge in [0.1, 0.15) is 5.69 Å². The molecule has 0 aliphatic heterocycles. The lowest BCUT2D eigenvalue weighted by Gasteiger charge is -2.11. The number of carbonyl (C=O) groups is 1. The molecule has 0 atom stereocenters. The number of esters is 1. The van der Waals surface area contributed by atoms with E-state index in [1.807, 2.05) is 37.2 Å². The maximum atomic E-state index is 11.9. The molecule has 0 fully saturated rings. The highest BCUT2D eigenvalue weighted by Crippen LogP contribution is 2.36. The van der Waals surface area contributed by atoms with Crippen molar-refractivity contribution in [2.24, 2.45) is 0 Å². The number of anilines is 1. The molecule has 0 radical (unpaired) electrons. The van der Waals surface area contributed by atoms with Gasteiger partial charge in [-0.15, -0.1) is 11.3 Å². The van der Waals surface area contributed by atoms with E-state index >= 15 is 0 Å². The summed E-state index contributed by atoms with van der Waals surface area (Å²) in [5, 5.41) is 0. The minimum Gasteiger partial charge on any atom is -0.466 e. The first kappa shape index (κ1) is 18.4. The van der Waals surface area contributed by atoms with Crippen LogP contribution in [0, 0.1) is 0 Å². The Morgan fingerprint density at radius 1 is 1.31 bits per heavy atom. The Balaban J connectivity index is 1.98. The molecule has 0 N–H and O–H groups in total. The van der Waals surface area contributed by atoms with E-state index in [1.54, 1.807) is 19.2 Å². The predicted molar refractivity (Wildman–Crippen MR) is 103 cm³/mol. The van der Waals surface area contributed by atoms with Crippen molar-refractivity contribution in [1.29, 1.82) is 0 Å². The normalized spacial score (nSPS) is 10.8. The lowest BCUT2D eigenvalue weighted by atomic mass is 10.2. The molecule has 0 aromatic carbocycles. The van der Waals surface area contributed by atoms with Crippen LogP contribution < -0.4 is 4.90 Å². The van der Waals surface area contributed by atoms with Gasteiger partial charge in [-0.1, -0.05) is 11.6 Å². The van der Waals surface area contributed by atoms with Crippen LogP contribution in [0.5, 0.6) is 0 Å². The summed E-state index contributed by atoms with van der Waals surface area (Å²) in [4.78, 5) is 23.6. The summed E-state index contributed by atoms with van der Waals surface area (Å²) in [7, 11) is 3.88. The number of halogens is 1. The Morgan fingerprint density at radius 2 is 2.12 bits per heavy atom. The maximum Gasteiger partial charge on any atom is 0.312 e. The molecule has 0 aliphatic carbocycles. The molecular weight excluding hydrogens is 374 g/mol. The molecule has 0 amide bonds. The van der Waals surface area contributed by atoms with E-state index < -0.39 is 0 Å². The number of rotatable bonds is 6. The fourth-order valence-corrected chi connectivity index (χ4v) is 3.38. The molecule has 136 valence electrons. The lowest BCUT2D eigenvalue weighted by Crippen LogP contribution is -2.09. The number of hydrogen-bond acceptors (Lipinski definition) is 7. The highest BCUT2D eigenvalue weighted by molar-refractivity contribution is 7.19. The molecular formula is C18H18ClN3O3S. The SMILES string of the molecule is CCOC(=O)Cc1nc(-c2ccc(N(C)C)cn2)oc1-c1ccc(Cl)s1. The molecule has 0 unspecified atom stereocenters. The van der Waals surface area contributed by atoms with Crippen LogP contribution in [0.3, 0.4) is 0 Å². The van der Waals surface area contributed by atoms with Crippen LogP contribution in [0.2, 0.25) is 4.34 Å². The number of oxazole rings is 1. The van der Waals surface area contributed by atoms with Crippen molar-refractivity contribution >= 4 is 34.6 Å². The largest absolute Gasteiger partial charge is 0.466 e. The van der Waals surface area contributed by atoms with Gasteiger partial charge < -0.3 is 14.1 Å². The van der Waals surface area contributed by atoms with E-state index in [4.69, 9.17) is 20.8 Å². The van der Waals surface area contributed by atoms with Crippen molar-refractivity contribution < 1.29 is 13.9 Å². The van der Waals surface area contributed by atoms with Crippen LogP contribution in [-0.4, -0.2) is 36.6 Å². The van der Waals surface area contributed by atoms with Gasteiger partial charge >= 0.3 is 5.97 Å². The Kier molecular flexibility index (Phi) is 5.58. The second kappa shape index (κ2) is 7.88. The highest BCUT2D eigenvalue weighted by Gasteiger charge is 2.21. The predicted octanol–water partition coefficient (Wildman–Crippen LogP) is 4.29. The van der Waals surface area contributed by atoms with Gasteiger partial charge in [0.2, 0.25) is 5.89 Å². The monoisotopic (exact) mass is 391 g/mol. The third-order valence-electron chi connectivity index (χ3n) is 3.59. The second-order valence-electron chi connectivity index (χ2n) is 5.68. The third kappa shape index (κ3) is 4.05. The number of aromatic nitrogens is 2. The molecule has 8 heteroatoms. The second-order valence-corrected chi connectivity index (χ2v) is 7.39. The first-order valence-corrected chi connectivity index (χ1v) is 9.22. The van der Waals surface area contributed by atoms with Gasteiger partial charge in [0.15, 0.2) is 5.76 Å². The first-order valence-electron chi connectivity index (χ1n) is 8.02. The molecule has 3 aromatic rings. The molecule has 26 heavy (non-hydrogen) atoms. The molecule has 0 saturated carbocycles. The smallest absolute Gasteiger partial charge is 0.312 e. The van der Waals surface area contributed by atoms with Crippen molar-refractivity contribution in [1.82, 2.24) is 9.97 Å². The summed E-state index contributed by atoms with van der Waals surface area (Å²) >= 11 is 7.40. The number of ether oxygens (including phenoxy) is 1. The van der Waals surface area contributed by atoms with Crippen molar-refractivity contribution in [3.05, 3.63) is 40.5 Å². The van der Waals surface area contributed by atoms with Gasteiger partial charge in [0, 0.05) is 14.1 Å². The zero-order chi connectivity index (χ0) is 18.7. The van der Waals surface area contributed by atoms with Crippen LogP contribution in [0.25, 0.3) is 22.2 Å². The van der Waals surface area contributed by atoms with Crippen molar-refractivity contribution in [3.8, 4) is 22.2 Å². The van der Waals surface area contributed by atoms with Crippen LogP contribution >= 0.6 is 22.9 Å². The average molecular weight is 392 g/mol. The number of nitrogens with zero attached hydrogens (tertiary/aromatic N) is 3. The Bertz CT molecular complexity index is 903. The van der Waals surface area contributed by atoms with Crippen molar-refractivity contribution in [2.45, 2.75) is 13.3 Å².